The maximum atomic E-state index is 14.7. The molecule has 4 rings (SSSR count). The van der Waals surface area contributed by atoms with Crippen LogP contribution in [-0.4, -0.2) is 42.9 Å². The number of hydrogen-bond donors (Lipinski definition) is 4. The van der Waals surface area contributed by atoms with E-state index >= 15 is 0 Å². The monoisotopic (exact) mass is 585 g/mol. The van der Waals surface area contributed by atoms with Gasteiger partial charge in [-0.15, -0.1) is 0 Å². The topological polar surface area (TPSA) is 134 Å². The second-order valence-electron chi connectivity index (χ2n) is 9.08. The van der Waals surface area contributed by atoms with Crippen molar-refractivity contribution in [1.29, 1.82) is 0 Å². The number of carboxylic acids is 1. The Balaban J connectivity index is 0.000000616. The molecule has 0 bridgehead atoms. The molecule has 1 amide bonds. The van der Waals surface area contributed by atoms with E-state index in [0.717, 1.165) is 11.6 Å². The molecule has 0 spiro atoms. The van der Waals surface area contributed by atoms with Crippen LogP contribution in [0.2, 0.25) is 0 Å². The molecule has 14 heteroatoms. The number of rotatable bonds is 8. The summed E-state index contributed by atoms with van der Waals surface area (Å²) in [6, 6.07) is 12.3. The van der Waals surface area contributed by atoms with Crippen LogP contribution in [0.4, 0.5) is 46.4 Å². The third kappa shape index (κ3) is 8.61. The minimum atomic E-state index is -5.08. The van der Waals surface area contributed by atoms with E-state index in [9.17, 15) is 22.4 Å². The maximum Gasteiger partial charge on any atom is 0.490 e. The summed E-state index contributed by atoms with van der Waals surface area (Å²) in [5, 5.41) is 20.1. The lowest BCUT2D eigenvalue weighted by Crippen LogP contribution is -2.21. The minimum absolute atomic E-state index is 0.151. The summed E-state index contributed by atoms with van der Waals surface area (Å²) in [7, 11) is 1.81. The number of aliphatic carboxylic acids is 1. The van der Waals surface area contributed by atoms with Gasteiger partial charge in [0, 0.05) is 30.7 Å². The highest BCUT2D eigenvalue weighted by atomic mass is 19.4. The third-order valence-electron chi connectivity index (χ3n) is 5.55. The highest BCUT2D eigenvalue weighted by Gasteiger charge is 2.38. The number of carbonyl (C=O) groups excluding carboxylic acids is 1. The number of nitrogens with zero attached hydrogens (tertiary/aromatic N) is 4. The number of aryl methyl sites for hydroxylation is 1. The van der Waals surface area contributed by atoms with Gasteiger partial charge in [-0.3, -0.25) is 9.48 Å². The average molecular weight is 586 g/mol. The minimum Gasteiger partial charge on any atom is -0.475 e. The molecule has 2 heterocycles. The van der Waals surface area contributed by atoms with Gasteiger partial charge < -0.3 is 21.1 Å². The quantitative estimate of drug-likeness (QED) is 0.138. The Labute approximate surface area is 238 Å². The molecule has 0 aliphatic rings. The van der Waals surface area contributed by atoms with E-state index in [2.05, 4.69) is 63.6 Å². The first-order valence-corrected chi connectivity index (χ1v) is 12.3. The molecular formula is C28H27F4N7O3. The van der Waals surface area contributed by atoms with E-state index in [1.807, 2.05) is 19.2 Å². The summed E-state index contributed by atoms with van der Waals surface area (Å²) in [5.41, 5.74) is 4.06. The third-order valence-corrected chi connectivity index (χ3v) is 5.55. The molecule has 0 aliphatic heterocycles. The van der Waals surface area contributed by atoms with Gasteiger partial charge in [-0.05, 0) is 41.3 Å². The van der Waals surface area contributed by atoms with Crippen molar-refractivity contribution < 1.29 is 32.3 Å². The van der Waals surface area contributed by atoms with Crippen molar-refractivity contribution in [1.82, 2.24) is 19.7 Å². The van der Waals surface area contributed by atoms with Crippen molar-refractivity contribution in [3.05, 3.63) is 85.1 Å². The van der Waals surface area contributed by atoms with Crippen LogP contribution in [0.3, 0.4) is 0 Å². The number of alkyl halides is 3. The average Bonchev–Trinajstić information content (AvgIpc) is 3.34. The van der Waals surface area contributed by atoms with Crippen molar-refractivity contribution in [2.75, 3.05) is 16.0 Å². The molecule has 0 radical (unpaired) electrons. The predicted molar refractivity (Wildman–Crippen MR) is 150 cm³/mol. The van der Waals surface area contributed by atoms with E-state index in [-0.39, 0.29) is 5.69 Å². The fraction of sp³-hybridized carbons (Fsp3) is 0.179. The zero-order chi connectivity index (χ0) is 31.0. The predicted octanol–water partition coefficient (Wildman–Crippen LogP) is 6.38. The smallest absolute Gasteiger partial charge is 0.475 e. The molecule has 0 atom stereocenters. The van der Waals surface area contributed by atoms with E-state index in [0.29, 0.717) is 34.6 Å². The van der Waals surface area contributed by atoms with Crippen LogP contribution < -0.4 is 16.0 Å². The van der Waals surface area contributed by atoms with Gasteiger partial charge in [0.2, 0.25) is 11.9 Å². The zero-order valence-corrected chi connectivity index (χ0v) is 22.7. The number of nitrogens with one attached hydrogen (secondary N) is 3. The van der Waals surface area contributed by atoms with Crippen molar-refractivity contribution in [2.24, 2.45) is 7.05 Å². The largest absolute Gasteiger partial charge is 0.490 e. The van der Waals surface area contributed by atoms with Crippen molar-refractivity contribution in [2.45, 2.75) is 25.9 Å². The summed E-state index contributed by atoms with van der Waals surface area (Å²) >= 11 is 0. The Morgan fingerprint density at radius 3 is 2.26 bits per heavy atom. The summed E-state index contributed by atoms with van der Waals surface area (Å²) in [6.07, 6.45) is 1.19. The SMILES string of the molecule is C=CC(=O)Nc1ccc(F)c(Nc2nc(Nc3cnn(C)c3)ncc2-c2ccc(C(C)C)cc2)c1.O=C(O)C(F)(F)F. The second-order valence-corrected chi connectivity index (χ2v) is 9.08. The summed E-state index contributed by atoms with van der Waals surface area (Å²) in [6.45, 7) is 7.70. The first kappa shape index (κ1) is 31.3. The number of halogens is 4. The van der Waals surface area contributed by atoms with E-state index < -0.39 is 23.9 Å². The lowest BCUT2D eigenvalue weighted by atomic mass is 9.99. The number of hydrogen-bond acceptors (Lipinski definition) is 7. The molecule has 220 valence electrons. The Kier molecular flexibility index (Phi) is 9.97. The Hall–Kier alpha value is -5.27. The van der Waals surface area contributed by atoms with Gasteiger partial charge in [0.25, 0.3) is 0 Å². The second kappa shape index (κ2) is 13.4. The van der Waals surface area contributed by atoms with Gasteiger partial charge in [0.15, 0.2) is 0 Å². The van der Waals surface area contributed by atoms with E-state index in [1.165, 1.54) is 23.8 Å². The van der Waals surface area contributed by atoms with Crippen LogP contribution in [0.5, 0.6) is 0 Å². The van der Waals surface area contributed by atoms with Crippen molar-refractivity contribution >= 4 is 40.7 Å². The van der Waals surface area contributed by atoms with Gasteiger partial charge in [-0.25, -0.2) is 14.2 Å². The fourth-order valence-electron chi connectivity index (χ4n) is 3.43. The van der Waals surface area contributed by atoms with Crippen LogP contribution in [0.15, 0.2) is 73.7 Å². The molecule has 0 unspecified atom stereocenters. The van der Waals surface area contributed by atoms with Crippen molar-refractivity contribution in [3.8, 4) is 11.1 Å². The molecule has 4 N–H and O–H groups in total. The van der Waals surface area contributed by atoms with Crippen LogP contribution >= 0.6 is 0 Å². The molecule has 0 aliphatic carbocycles. The normalized spacial score (nSPS) is 10.9. The Bertz CT molecular complexity index is 1570. The summed E-state index contributed by atoms with van der Waals surface area (Å²) in [5.74, 6) is -2.53. The molecule has 42 heavy (non-hydrogen) atoms. The summed E-state index contributed by atoms with van der Waals surface area (Å²) < 4.78 is 48.1. The molecule has 0 saturated carbocycles. The van der Waals surface area contributed by atoms with Gasteiger partial charge in [0.05, 0.1) is 17.6 Å². The number of aromatic nitrogens is 4. The van der Waals surface area contributed by atoms with Crippen LogP contribution in [-0.2, 0) is 16.6 Å². The standard InChI is InChI=1S/C26H26FN7O.C2HF3O2/c1-5-24(35)30-19-10-11-22(27)23(12-19)32-25-21(18-8-6-17(7-9-18)16(2)3)14-28-26(33-25)31-20-13-29-34(4)15-20;3-2(4,5)1(6)7/h5-16H,1H2,2-4H3,(H,30,35)(H2,28,31,32,33);(H,6,7). The lowest BCUT2D eigenvalue weighted by molar-refractivity contribution is -0.192. The number of carbonyl (C=O) groups is 2. The molecule has 2 aromatic carbocycles. The van der Waals surface area contributed by atoms with E-state index in [1.54, 1.807) is 23.3 Å². The highest BCUT2D eigenvalue weighted by molar-refractivity contribution is 5.99. The lowest BCUT2D eigenvalue weighted by Gasteiger charge is -2.15. The Morgan fingerprint density at radius 1 is 1.05 bits per heavy atom. The zero-order valence-electron chi connectivity index (χ0n) is 22.7. The molecule has 10 nitrogen and oxygen atoms in total. The highest BCUT2D eigenvalue weighted by Crippen LogP contribution is 2.32. The first-order valence-electron chi connectivity index (χ1n) is 12.3. The Morgan fingerprint density at radius 2 is 1.71 bits per heavy atom. The number of amides is 1. The van der Waals surface area contributed by atoms with Crippen molar-refractivity contribution in [3.63, 3.8) is 0 Å². The molecule has 2 aromatic heterocycles. The van der Waals surface area contributed by atoms with Gasteiger partial charge in [-0.1, -0.05) is 44.7 Å². The van der Waals surface area contributed by atoms with Crippen LogP contribution in [0.25, 0.3) is 11.1 Å². The summed E-state index contributed by atoms with van der Waals surface area (Å²) in [4.78, 5) is 29.6. The molecule has 0 saturated heterocycles. The van der Waals surface area contributed by atoms with Gasteiger partial charge >= 0.3 is 12.1 Å². The fourth-order valence-corrected chi connectivity index (χ4v) is 3.43. The first-order chi connectivity index (χ1) is 19.8. The van der Waals surface area contributed by atoms with Gasteiger partial charge in [0.1, 0.15) is 11.6 Å². The van der Waals surface area contributed by atoms with Crippen LogP contribution in [0.1, 0.15) is 25.3 Å². The molecule has 0 fully saturated rings. The van der Waals surface area contributed by atoms with Gasteiger partial charge in [-0.2, -0.15) is 23.3 Å². The number of carboxylic acid groups (broad SMARTS) is 1. The number of anilines is 5. The van der Waals surface area contributed by atoms with E-state index in [4.69, 9.17) is 9.90 Å². The molecular weight excluding hydrogens is 558 g/mol. The molecule has 4 aromatic rings. The van der Waals surface area contributed by atoms with Crippen LogP contribution in [0, 0.1) is 5.82 Å². The maximum absolute atomic E-state index is 14.7. The number of benzene rings is 2.